The van der Waals surface area contributed by atoms with E-state index in [4.69, 9.17) is 0 Å². The van der Waals surface area contributed by atoms with E-state index in [2.05, 4.69) is 0 Å². The summed E-state index contributed by atoms with van der Waals surface area (Å²) in [7, 11) is 0. The number of hydrogen-bond donors (Lipinski definition) is 1. The number of hydrogen-bond acceptors (Lipinski definition) is 2. The third kappa shape index (κ3) is 3.42. The van der Waals surface area contributed by atoms with Gasteiger partial charge in [0.25, 0.3) is 0 Å². The summed E-state index contributed by atoms with van der Waals surface area (Å²) in [5, 5.41) is 9.38. The van der Waals surface area contributed by atoms with Crippen LogP contribution in [0.3, 0.4) is 0 Å². The maximum Gasteiger partial charge on any atom is 0.319 e. The van der Waals surface area contributed by atoms with Crippen molar-refractivity contribution in [3.05, 3.63) is 71.8 Å². The molecule has 2 nitrogen and oxygen atoms in total. The van der Waals surface area contributed by atoms with Gasteiger partial charge in [0, 0.05) is 0 Å². The number of carboxylic acid groups (broad SMARTS) is 1. The minimum absolute atomic E-state index is 0.0171. The Kier molecular flexibility index (Phi) is 4.50. The Labute approximate surface area is 123 Å². The minimum Gasteiger partial charge on any atom is -0.480 e. The van der Waals surface area contributed by atoms with Gasteiger partial charge in [-0.15, -0.1) is 11.8 Å². The van der Waals surface area contributed by atoms with Gasteiger partial charge >= 0.3 is 5.97 Å². The first-order valence-electron chi connectivity index (χ1n) is 6.52. The van der Waals surface area contributed by atoms with Crippen LogP contribution in [0.15, 0.2) is 60.7 Å². The Bertz CT molecular complexity index is 525. The second-order valence-electron chi connectivity index (χ2n) is 5.13. The minimum atomic E-state index is -0.837. The van der Waals surface area contributed by atoms with Crippen molar-refractivity contribution in [2.45, 2.75) is 23.8 Å². The van der Waals surface area contributed by atoms with Crippen LogP contribution in [0.1, 0.15) is 30.2 Å². The van der Waals surface area contributed by atoms with Crippen LogP contribution >= 0.6 is 11.8 Å². The molecule has 104 valence electrons. The van der Waals surface area contributed by atoms with Gasteiger partial charge in [0.2, 0.25) is 0 Å². The molecule has 2 rings (SSSR count). The highest BCUT2D eigenvalue weighted by Crippen LogP contribution is 2.43. The fraction of sp³-hybridized carbons (Fsp3) is 0.235. The molecule has 1 N–H and O–H groups in total. The Morgan fingerprint density at radius 3 is 1.70 bits per heavy atom. The summed E-state index contributed by atoms with van der Waals surface area (Å²) in [4.78, 5) is 11.4. The lowest BCUT2D eigenvalue weighted by Crippen LogP contribution is -2.28. The van der Waals surface area contributed by atoms with Gasteiger partial charge in [-0.05, 0) is 25.0 Å². The molecule has 0 aromatic heterocycles. The number of carboxylic acids is 1. The summed E-state index contributed by atoms with van der Waals surface area (Å²) in [6.07, 6.45) is 0. The number of aliphatic carboxylic acids is 1. The molecular formula is C17H18O2S. The Hall–Kier alpha value is -1.74. The highest BCUT2D eigenvalue weighted by Gasteiger charge is 2.32. The molecule has 2 aromatic carbocycles. The SMILES string of the molecule is CC(C)(SC(c1ccccc1)c1ccccc1)C(=O)O. The standard InChI is InChI=1S/C17H18O2S/c1-17(2,16(18)19)20-15(13-9-5-3-6-10-13)14-11-7-4-8-12-14/h3-12,15H,1-2H3,(H,18,19). The average Bonchev–Trinajstić information content (AvgIpc) is 2.46. The largest absolute Gasteiger partial charge is 0.480 e. The Morgan fingerprint density at radius 2 is 1.35 bits per heavy atom. The zero-order chi connectivity index (χ0) is 14.6. The van der Waals surface area contributed by atoms with E-state index in [9.17, 15) is 9.90 Å². The normalized spacial score (nSPS) is 11.6. The predicted octanol–water partition coefficient (Wildman–Crippen LogP) is 4.37. The van der Waals surface area contributed by atoms with Crippen LogP contribution in [-0.2, 0) is 4.79 Å². The molecule has 0 atom stereocenters. The lowest BCUT2D eigenvalue weighted by molar-refractivity contribution is -0.138. The van der Waals surface area contributed by atoms with Crippen LogP contribution in [0, 0.1) is 0 Å². The zero-order valence-electron chi connectivity index (χ0n) is 11.6. The number of thioether (sulfide) groups is 1. The van der Waals surface area contributed by atoms with Crippen LogP contribution in [0.2, 0.25) is 0 Å². The van der Waals surface area contributed by atoms with Gasteiger partial charge in [0.15, 0.2) is 0 Å². The molecular weight excluding hydrogens is 268 g/mol. The van der Waals surface area contributed by atoms with Gasteiger partial charge in [-0.1, -0.05) is 60.7 Å². The average molecular weight is 286 g/mol. The second-order valence-corrected chi connectivity index (χ2v) is 6.86. The number of rotatable bonds is 5. The van der Waals surface area contributed by atoms with Crippen molar-refractivity contribution in [2.24, 2.45) is 0 Å². The van der Waals surface area contributed by atoms with E-state index in [0.717, 1.165) is 11.1 Å². The van der Waals surface area contributed by atoms with Crippen LogP contribution in [-0.4, -0.2) is 15.8 Å². The maximum absolute atomic E-state index is 11.4. The van der Waals surface area contributed by atoms with Crippen molar-refractivity contribution in [1.82, 2.24) is 0 Å². The molecule has 0 radical (unpaired) electrons. The summed E-state index contributed by atoms with van der Waals surface area (Å²) in [5.74, 6) is -0.792. The summed E-state index contributed by atoms with van der Waals surface area (Å²) >= 11 is 1.46. The van der Waals surface area contributed by atoms with Gasteiger partial charge in [0.1, 0.15) is 4.75 Å². The monoisotopic (exact) mass is 286 g/mol. The summed E-state index contributed by atoms with van der Waals surface area (Å²) in [6, 6.07) is 20.1. The van der Waals surface area contributed by atoms with Crippen LogP contribution in [0.5, 0.6) is 0 Å². The highest BCUT2D eigenvalue weighted by molar-refractivity contribution is 8.01. The van der Waals surface area contributed by atoms with E-state index in [1.165, 1.54) is 11.8 Å². The van der Waals surface area contributed by atoms with Crippen molar-refractivity contribution < 1.29 is 9.90 Å². The molecule has 0 aliphatic heterocycles. The van der Waals surface area contributed by atoms with E-state index in [1.807, 2.05) is 60.7 Å². The van der Waals surface area contributed by atoms with Crippen LogP contribution in [0.25, 0.3) is 0 Å². The molecule has 2 aromatic rings. The molecule has 0 aliphatic rings. The quantitative estimate of drug-likeness (QED) is 0.886. The first-order chi connectivity index (χ1) is 9.50. The summed E-state index contributed by atoms with van der Waals surface area (Å²) in [5.41, 5.74) is 2.25. The molecule has 0 spiro atoms. The number of carbonyl (C=O) groups is 1. The number of benzene rings is 2. The molecule has 0 saturated carbocycles. The molecule has 0 saturated heterocycles. The molecule has 0 unspecified atom stereocenters. The second kappa shape index (κ2) is 6.14. The fourth-order valence-corrected chi connectivity index (χ4v) is 3.21. The first kappa shape index (κ1) is 14.7. The van der Waals surface area contributed by atoms with Crippen LogP contribution < -0.4 is 0 Å². The van der Waals surface area contributed by atoms with Crippen molar-refractivity contribution in [3.8, 4) is 0 Å². The van der Waals surface area contributed by atoms with Crippen molar-refractivity contribution in [2.75, 3.05) is 0 Å². The van der Waals surface area contributed by atoms with Gasteiger partial charge in [-0.25, -0.2) is 0 Å². The van der Waals surface area contributed by atoms with Crippen molar-refractivity contribution in [3.63, 3.8) is 0 Å². The van der Waals surface area contributed by atoms with Crippen molar-refractivity contribution >= 4 is 17.7 Å². The Balaban J connectivity index is 2.38. The van der Waals surface area contributed by atoms with Crippen LogP contribution in [0.4, 0.5) is 0 Å². The Morgan fingerprint density at radius 1 is 0.950 bits per heavy atom. The molecule has 0 fully saturated rings. The molecule has 3 heteroatoms. The summed E-state index contributed by atoms with van der Waals surface area (Å²) < 4.78 is -0.837. The van der Waals surface area contributed by atoms with Gasteiger partial charge < -0.3 is 5.11 Å². The lowest BCUT2D eigenvalue weighted by Gasteiger charge is -2.26. The molecule has 0 amide bonds. The lowest BCUT2D eigenvalue weighted by atomic mass is 10.0. The van der Waals surface area contributed by atoms with E-state index < -0.39 is 10.7 Å². The van der Waals surface area contributed by atoms with Gasteiger partial charge in [0.05, 0.1) is 5.25 Å². The topological polar surface area (TPSA) is 37.3 Å². The van der Waals surface area contributed by atoms with Gasteiger partial charge in [-0.2, -0.15) is 0 Å². The molecule has 20 heavy (non-hydrogen) atoms. The molecule has 0 aliphatic carbocycles. The third-order valence-electron chi connectivity index (χ3n) is 3.13. The predicted molar refractivity (Wildman–Crippen MR) is 84.0 cm³/mol. The van der Waals surface area contributed by atoms with E-state index >= 15 is 0 Å². The highest BCUT2D eigenvalue weighted by atomic mass is 32.2. The molecule has 0 bridgehead atoms. The smallest absolute Gasteiger partial charge is 0.319 e. The maximum atomic E-state index is 11.4. The van der Waals surface area contributed by atoms with E-state index in [0.29, 0.717) is 0 Å². The van der Waals surface area contributed by atoms with Gasteiger partial charge in [-0.3, -0.25) is 4.79 Å². The first-order valence-corrected chi connectivity index (χ1v) is 7.40. The third-order valence-corrected chi connectivity index (χ3v) is 4.68. The summed E-state index contributed by atoms with van der Waals surface area (Å²) in [6.45, 7) is 3.50. The zero-order valence-corrected chi connectivity index (χ0v) is 12.4. The van der Waals surface area contributed by atoms with E-state index in [1.54, 1.807) is 13.8 Å². The molecule has 0 heterocycles. The van der Waals surface area contributed by atoms with E-state index in [-0.39, 0.29) is 5.25 Å². The van der Waals surface area contributed by atoms with Crippen molar-refractivity contribution in [1.29, 1.82) is 0 Å². The fourth-order valence-electron chi connectivity index (χ4n) is 1.93.